The molecule has 0 radical (unpaired) electrons. The van der Waals surface area contributed by atoms with Crippen LogP contribution in [0.4, 0.5) is 26.3 Å². The van der Waals surface area contributed by atoms with E-state index in [0.717, 1.165) is 10.6 Å². The SMILES string of the molecule is CC(C)/C=C(/Cn1cnc(-c2cc(C(F)(F)F)cc(C(F)(F)F)c2)n1)c1nccs1. The summed E-state index contributed by atoms with van der Waals surface area (Å²) in [7, 11) is 0. The van der Waals surface area contributed by atoms with Crippen LogP contribution in [0.1, 0.15) is 30.0 Å². The predicted octanol–water partition coefficient (Wildman–Crippen LogP) is 6.18. The maximum absolute atomic E-state index is 13.1. The first-order valence-corrected chi connectivity index (χ1v) is 9.61. The van der Waals surface area contributed by atoms with Crippen LogP contribution in [-0.4, -0.2) is 19.7 Å². The van der Waals surface area contributed by atoms with E-state index in [2.05, 4.69) is 15.1 Å². The highest BCUT2D eigenvalue weighted by atomic mass is 32.1. The molecule has 0 saturated carbocycles. The maximum atomic E-state index is 13.1. The van der Waals surface area contributed by atoms with E-state index in [1.165, 1.54) is 22.3 Å². The Hall–Kier alpha value is -2.69. The fraction of sp³-hybridized carbons (Fsp3) is 0.316. The highest BCUT2D eigenvalue weighted by Gasteiger charge is 2.37. The number of thiazole rings is 1. The van der Waals surface area contributed by atoms with Crippen molar-refractivity contribution in [3.8, 4) is 11.4 Å². The number of nitrogens with zero attached hydrogens (tertiary/aromatic N) is 4. The summed E-state index contributed by atoms with van der Waals surface area (Å²) in [6.45, 7) is 4.17. The van der Waals surface area contributed by atoms with Gasteiger partial charge in [-0.2, -0.15) is 31.4 Å². The minimum atomic E-state index is -4.93. The second-order valence-electron chi connectivity index (χ2n) is 6.83. The monoisotopic (exact) mass is 446 g/mol. The third-order valence-electron chi connectivity index (χ3n) is 3.96. The van der Waals surface area contributed by atoms with Gasteiger partial charge in [0.25, 0.3) is 0 Å². The molecule has 0 aliphatic heterocycles. The van der Waals surface area contributed by atoms with Crippen molar-refractivity contribution in [2.75, 3.05) is 0 Å². The highest BCUT2D eigenvalue weighted by molar-refractivity contribution is 7.10. The summed E-state index contributed by atoms with van der Waals surface area (Å²) in [5.74, 6) is -0.0284. The van der Waals surface area contributed by atoms with Crippen molar-refractivity contribution in [2.24, 2.45) is 5.92 Å². The van der Waals surface area contributed by atoms with Crippen LogP contribution in [-0.2, 0) is 18.9 Å². The van der Waals surface area contributed by atoms with Gasteiger partial charge in [0.1, 0.15) is 11.3 Å². The van der Waals surface area contributed by atoms with E-state index < -0.39 is 23.5 Å². The molecule has 11 heteroatoms. The molecular weight excluding hydrogens is 430 g/mol. The molecule has 1 aromatic carbocycles. The van der Waals surface area contributed by atoms with Gasteiger partial charge in [-0.15, -0.1) is 11.3 Å². The van der Waals surface area contributed by atoms with Gasteiger partial charge in [-0.25, -0.2) is 14.6 Å². The average molecular weight is 446 g/mol. The van der Waals surface area contributed by atoms with Gasteiger partial charge in [0.2, 0.25) is 0 Å². The number of halogens is 6. The van der Waals surface area contributed by atoms with Gasteiger partial charge in [-0.05, 0) is 24.1 Å². The van der Waals surface area contributed by atoms with Crippen molar-refractivity contribution in [3.63, 3.8) is 0 Å². The molecule has 0 atom stereocenters. The van der Waals surface area contributed by atoms with Crippen LogP contribution in [0.5, 0.6) is 0 Å². The molecule has 3 aromatic rings. The van der Waals surface area contributed by atoms with Crippen LogP contribution < -0.4 is 0 Å². The minimum Gasteiger partial charge on any atom is -0.248 e. The molecule has 30 heavy (non-hydrogen) atoms. The molecule has 0 unspecified atom stereocenters. The van der Waals surface area contributed by atoms with Crippen molar-refractivity contribution in [1.29, 1.82) is 0 Å². The predicted molar refractivity (Wildman–Crippen MR) is 100 cm³/mol. The Morgan fingerprint density at radius 2 is 1.67 bits per heavy atom. The largest absolute Gasteiger partial charge is 0.416 e. The summed E-state index contributed by atoms with van der Waals surface area (Å²) in [6.07, 6.45) is -4.99. The van der Waals surface area contributed by atoms with Crippen molar-refractivity contribution >= 4 is 16.9 Å². The van der Waals surface area contributed by atoms with Crippen LogP contribution in [0.2, 0.25) is 0 Å². The number of hydrogen-bond acceptors (Lipinski definition) is 4. The first kappa shape index (κ1) is 22.0. The molecule has 160 valence electrons. The Morgan fingerprint density at radius 3 is 2.17 bits per heavy atom. The van der Waals surface area contributed by atoms with Crippen LogP contribution in [0.3, 0.4) is 0 Å². The number of rotatable bonds is 5. The smallest absolute Gasteiger partial charge is 0.248 e. The van der Waals surface area contributed by atoms with E-state index in [0.29, 0.717) is 12.1 Å². The quantitative estimate of drug-likeness (QED) is 0.440. The standard InChI is InChI=1S/C19H16F6N4S/c1-11(2)5-13(17-26-3-4-30-17)9-29-10-27-16(28-29)12-6-14(18(20,21)22)8-15(7-12)19(23,24)25/h3-8,10-11H,9H2,1-2H3/b13-5-. The van der Waals surface area contributed by atoms with Gasteiger partial charge in [0, 0.05) is 22.7 Å². The Balaban J connectivity index is 1.97. The Labute approximate surface area is 171 Å². The van der Waals surface area contributed by atoms with E-state index in [1.807, 2.05) is 19.9 Å². The fourth-order valence-electron chi connectivity index (χ4n) is 2.74. The number of hydrogen-bond donors (Lipinski definition) is 0. The lowest BCUT2D eigenvalue weighted by Crippen LogP contribution is -2.11. The van der Waals surface area contributed by atoms with Crippen LogP contribution in [0.15, 0.2) is 42.2 Å². The second-order valence-corrected chi connectivity index (χ2v) is 7.73. The van der Waals surface area contributed by atoms with Crippen molar-refractivity contribution in [2.45, 2.75) is 32.7 Å². The summed E-state index contributed by atoms with van der Waals surface area (Å²) in [6, 6.07) is 1.30. The summed E-state index contributed by atoms with van der Waals surface area (Å²) < 4.78 is 79.8. The van der Waals surface area contributed by atoms with Gasteiger partial charge in [-0.1, -0.05) is 19.9 Å². The second kappa shape index (κ2) is 8.21. The minimum absolute atomic E-state index is 0.0758. The van der Waals surface area contributed by atoms with Gasteiger partial charge in [0.15, 0.2) is 5.82 Å². The molecule has 0 aliphatic carbocycles. The zero-order valence-electron chi connectivity index (χ0n) is 15.8. The van der Waals surface area contributed by atoms with Crippen molar-refractivity contribution in [3.05, 3.63) is 58.3 Å². The van der Waals surface area contributed by atoms with Crippen LogP contribution in [0.25, 0.3) is 17.0 Å². The Morgan fingerprint density at radius 1 is 1.03 bits per heavy atom. The first-order chi connectivity index (χ1) is 13.9. The third kappa shape index (κ3) is 5.26. The lowest BCUT2D eigenvalue weighted by Gasteiger charge is -2.13. The molecule has 3 rings (SSSR count). The maximum Gasteiger partial charge on any atom is 0.416 e. The van der Waals surface area contributed by atoms with E-state index in [1.54, 1.807) is 11.6 Å². The molecule has 2 heterocycles. The molecule has 0 N–H and O–H groups in total. The number of alkyl halides is 6. The fourth-order valence-corrected chi connectivity index (χ4v) is 3.39. The first-order valence-electron chi connectivity index (χ1n) is 8.73. The summed E-state index contributed by atoms with van der Waals surface area (Å²) in [4.78, 5) is 8.17. The van der Waals surface area contributed by atoms with E-state index >= 15 is 0 Å². The molecule has 0 spiro atoms. The van der Waals surface area contributed by atoms with Crippen molar-refractivity contribution < 1.29 is 26.3 Å². The van der Waals surface area contributed by atoms with Gasteiger partial charge >= 0.3 is 12.4 Å². The number of aromatic nitrogens is 4. The third-order valence-corrected chi connectivity index (χ3v) is 4.80. The summed E-state index contributed by atoms with van der Waals surface area (Å²) >= 11 is 1.41. The molecule has 0 amide bonds. The summed E-state index contributed by atoms with van der Waals surface area (Å²) in [5, 5.41) is 6.64. The Bertz CT molecular complexity index is 1000. The van der Waals surface area contributed by atoms with Gasteiger partial charge < -0.3 is 0 Å². The molecule has 0 bridgehead atoms. The lowest BCUT2D eigenvalue weighted by atomic mass is 10.0. The number of allylic oxidation sites excluding steroid dienone is 2. The average Bonchev–Trinajstić information content (AvgIpc) is 3.31. The van der Waals surface area contributed by atoms with Crippen LogP contribution in [0, 0.1) is 5.92 Å². The molecule has 0 aliphatic rings. The number of benzene rings is 1. The zero-order valence-corrected chi connectivity index (χ0v) is 16.6. The van der Waals surface area contributed by atoms with E-state index in [4.69, 9.17) is 0 Å². The van der Waals surface area contributed by atoms with E-state index in [9.17, 15) is 26.3 Å². The molecular formula is C19H16F6N4S. The zero-order chi connectivity index (χ0) is 22.1. The molecule has 4 nitrogen and oxygen atoms in total. The van der Waals surface area contributed by atoms with Gasteiger partial charge in [-0.3, -0.25) is 0 Å². The highest BCUT2D eigenvalue weighted by Crippen LogP contribution is 2.38. The summed E-state index contributed by atoms with van der Waals surface area (Å²) in [5.41, 5.74) is -2.35. The van der Waals surface area contributed by atoms with Crippen molar-refractivity contribution in [1.82, 2.24) is 19.7 Å². The van der Waals surface area contributed by atoms with Crippen LogP contribution >= 0.6 is 11.3 Å². The topological polar surface area (TPSA) is 43.6 Å². The van der Waals surface area contributed by atoms with Gasteiger partial charge in [0.05, 0.1) is 17.7 Å². The Kier molecular flexibility index (Phi) is 6.02. The van der Waals surface area contributed by atoms with E-state index in [-0.39, 0.29) is 29.9 Å². The molecule has 0 fully saturated rings. The molecule has 0 saturated heterocycles. The lowest BCUT2D eigenvalue weighted by molar-refractivity contribution is -0.143. The molecule has 2 aromatic heterocycles. The normalized spacial score (nSPS) is 13.3.